The molecule has 0 spiro atoms. The summed E-state index contributed by atoms with van der Waals surface area (Å²) in [5.74, 6) is -1.76. The molecule has 0 saturated heterocycles. The summed E-state index contributed by atoms with van der Waals surface area (Å²) in [6.45, 7) is 3.81. The Bertz CT molecular complexity index is 866. The summed E-state index contributed by atoms with van der Waals surface area (Å²) in [5, 5.41) is 8.88. The molecule has 1 aliphatic heterocycles. The van der Waals surface area contributed by atoms with Gasteiger partial charge in [0, 0.05) is 17.6 Å². The predicted molar refractivity (Wildman–Crippen MR) is 84.6 cm³/mol. The van der Waals surface area contributed by atoms with Crippen LogP contribution < -0.4 is 14.3 Å². The molecule has 2 atom stereocenters. The number of hydrogen-bond acceptors (Lipinski definition) is 6. The molecule has 2 aromatic rings. The van der Waals surface area contributed by atoms with Crippen molar-refractivity contribution in [3.8, 4) is 11.8 Å². The summed E-state index contributed by atoms with van der Waals surface area (Å²) >= 11 is 6.98. The summed E-state index contributed by atoms with van der Waals surface area (Å²) < 4.78 is 30.7. The van der Waals surface area contributed by atoms with E-state index in [9.17, 15) is 9.18 Å². The van der Waals surface area contributed by atoms with Crippen LogP contribution in [0.2, 0.25) is 5.02 Å². The van der Waals surface area contributed by atoms with E-state index in [2.05, 4.69) is 9.37 Å². The Hall–Kier alpha value is -2.13. The van der Waals surface area contributed by atoms with Crippen LogP contribution in [0.4, 0.5) is 10.1 Å². The maximum atomic E-state index is 14.1. The lowest BCUT2D eigenvalue weighted by molar-refractivity contribution is -0.144. The van der Waals surface area contributed by atoms with E-state index in [0.717, 1.165) is 17.6 Å². The second kappa shape index (κ2) is 6.40. The molecule has 3 rings (SSSR count). The zero-order valence-corrected chi connectivity index (χ0v) is 14.3. The third-order valence-corrected chi connectivity index (χ3v) is 4.30. The monoisotopic (exact) mass is 373 g/mol. The third kappa shape index (κ3) is 3.22. The van der Waals surface area contributed by atoms with Gasteiger partial charge in [-0.05, 0) is 19.9 Å². The molecule has 2 heterocycles. The maximum absolute atomic E-state index is 14.1. The number of hydrogen-bond donors (Lipinski definition) is 1. The number of aliphatic carboxylic acids is 1. The van der Waals surface area contributed by atoms with Gasteiger partial charge in [-0.15, -0.1) is 4.37 Å². The first kappa shape index (κ1) is 16.7. The van der Waals surface area contributed by atoms with Crippen LogP contribution in [-0.4, -0.2) is 32.2 Å². The Balaban J connectivity index is 2.00. The molecular formula is C14H13ClFN3O4S. The number of carboxylic acids is 1. The lowest BCUT2D eigenvalue weighted by Gasteiger charge is -2.12. The van der Waals surface area contributed by atoms with Crippen molar-refractivity contribution < 1.29 is 23.8 Å². The number of halogens is 2. The molecule has 1 aromatic carbocycles. The number of carboxylic acid groups (broad SMARTS) is 1. The molecule has 0 aliphatic carbocycles. The van der Waals surface area contributed by atoms with Gasteiger partial charge in [-0.3, -0.25) is 4.57 Å². The average molecular weight is 374 g/mol. The fraction of sp³-hybridized carbons (Fsp3) is 0.357. The van der Waals surface area contributed by atoms with Gasteiger partial charge in [0.25, 0.3) is 0 Å². The van der Waals surface area contributed by atoms with E-state index in [1.807, 2.05) is 6.92 Å². The molecule has 128 valence electrons. The summed E-state index contributed by atoms with van der Waals surface area (Å²) in [5.41, 5.74) is -0.0227. The highest BCUT2D eigenvalue weighted by Crippen LogP contribution is 2.32. The van der Waals surface area contributed by atoms with Crippen LogP contribution in [0.15, 0.2) is 17.1 Å². The summed E-state index contributed by atoms with van der Waals surface area (Å²) in [6, 6.07) is 2.75. The first-order valence-corrected chi connectivity index (χ1v) is 8.16. The van der Waals surface area contributed by atoms with Gasteiger partial charge in [-0.2, -0.15) is 0 Å². The van der Waals surface area contributed by atoms with Gasteiger partial charge in [0.1, 0.15) is 17.5 Å². The molecule has 1 aromatic heterocycles. The lowest BCUT2D eigenvalue weighted by Crippen LogP contribution is -2.23. The summed E-state index contributed by atoms with van der Waals surface area (Å²) in [7, 11) is 0. The Morgan fingerprint density at radius 3 is 3.12 bits per heavy atom. The molecule has 1 N–H and O–H groups in total. The van der Waals surface area contributed by atoms with Gasteiger partial charge in [0.15, 0.2) is 11.9 Å². The standard InChI is InChI=1S/C14H13ClFN3O4S/c1-6-5-19-13(22-6)18-24-14(19)17-10-4-11(8(15)3-9(10)16)23-7(2)12(20)21/h3-4,6-7H,5H2,1-2H3,(H,20,21). The molecule has 0 amide bonds. The Labute approximate surface area is 145 Å². The van der Waals surface area contributed by atoms with Gasteiger partial charge in [-0.25, -0.2) is 14.2 Å². The number of ether oxygens (including phenoxy) is 2. The van der Waals surface area contributed by atoms with Gasteiger partial charge in [0.05, 0.1) is 11.6 Å². The van der Waals surface area contributed by atoms with Crippen molar-refractivity contribution >= 4 is 34.8 Å². The van der Waals surface area contributed by atoms with Crippen molar-refractivity contribution in [3.05, 3.63) is 27.8 Å². The molecule has 7 nitrogen and oxygen atoms in total. The van der Waals surface area contributed by atoms with Crippen molar-refractivity contribution in [1.82, 2.24) is 8.94 Å². The molecule has 0 fully saturated rings. The van der Waals surface area contributed by atoms with Crippen LogP contribution in [0.25, 0.3) is 0 Å². The van der Waals surface area contributed by atoms with Crippen molar-refractivity contribution in [2.75, 3.05) is 0 Å². The van der Waals surface area contributed by atoms with Crippen LogP contribution in [0.3, 0.4) is 0 Å². The smallest absolute Gasteiger partial charge is 0.344 e. The number of benzene rings is 1. The molecule has 0 saturated carbocycles. The zero-order chi connectivity index (χ0) is 17.4. The molecular weight excluding hydrogens is 361 g/mol. The first-order chi connectivity index (χ1) is 11.3. The number of carbonyl (C=O) groups is 1. The van der Waals surface area contributed by atoms with Crippen molar-refractivity contribution in [2.45, 2.75) is 32.6 Å². The topological polar surface area (TPSA) is 85.9 Å². The number of aromatic nitrogens is 2. The summed E-state index contributed by atoms with van der Waals surface area (Å²) in [4.78, 5) is 15.6. The van der Waals surface area contributed by atoms with E-state index in [0.29, 0.717) is 17.4 Å². The third-order valence-electron chi connectivity index (χ3n) is 3.28. The SMILES string of the molecule is CC1Cn2c(nsc2=Nc2cc(OC(C)C(=O)O)c(Cl)cc2F)O1. The number of rotatable bonds is 4. The maximum Gasteiger partial charge on any atom is 0.344 e. The van der Waals surface area contributed by atoms with Crippen LogP contribution in [0.5, 0.6) is 11.8 Å². The van der Waals surface area contributed by atoms with Crippen LogP contribution in [0, 0.1) is 5.82 Å². The van der Waals surface area contributed by atoms with Crippen molar-refractivity contribution in [1.29, 1.82) is 0 Å². The Morgan fingerprint density at radius 2 is 2.42 bits per heavy atom. The van der Waals surface area contributed by atoms with Gasteiger partial charge >= 0.3 is 12.0 Å². The second-order valence-corrected chi connectivity index (χ2v) is 6.37. The van der Waals surface area contributed by atoms with Crippen LogP contribution in [0.1, 0.15) is 13.8 Å². The van der Waals surface area contributed by atoms with E-state index in [1.165, 1.54) is 13.0 Å². The fourth-order valence-corrected chi connectivity index (χ4v) is 2.98. The van der Waals surface area contributed by atoms with E-state index in [4.69, 9.17) is 26.2 Å². The van der Waals surface area contributed by atoms with E-state index < -0.39 is 17.9 Å². The highest BCUT2D eigenvalue weighted by atomic mass is 35.5. The Morgan fingerprint density at radius 1 is 1.67 bits per heavy atom. The molecule has 24 heavy (non-hydrogen) atoms. The van der Waals surface area contributed by atoms with Crippen LogP contribution in [-0.2, 0) is 11.3 Å². The van der Waals surface area contributed by atoms with Gasteiger partial charge in [-0.1, -0.05) is 11.6 Å². The number of nitrogens with zero attached hydrogens (tertiary/aromatic N) is 3. The van der Waals surface area contributed by atoms with Crippen LogP contribution >= 0.6 is 23.1 Å². The second-order valence-electron chi connectivity index (χ2n) is 5.23. The quantitative estimate of drug-likeness (QED) is 0.890. The minimum absolute atomic E-state index is 0.0227. The van der Waals surface area contributed by atoms with Crippen molar-refractivity contribution in [3.63, 3.8) is 0 Å². The fourth-order valence-electron chi connectivity index (χ4n) is 2.09. The molecule has 10 heteroatoms. The number of fused-ring (bicyclic) bond motifs is 1. The molecule has 0 bridgehead atoms. The average Bonchev–Trinajstić information content (AvgIpc) is 3.04. The molecule has 1 aliphatic rings. The Kier molecular flexibility index (Phi) is 4.46. The minimum atomic E-state index is -1.16. The van der Waals surface area contributed by atoms with Gasteiger partial charge in [0.2, 0.25) is 4.80 Å². The minimum Gasteiger partial charge on any atom is -0.479 e. The molecule has 0 radical (unpaired) electrons. The van der Waals surface area contributed by atoms with Crippen molar-refractivity contribution in [2.24, 2.45) is 4.99 Å². The summed E-state index contributed by atoms with van der Waals surface area (Å²) in [6.07, 6.45) is -1.16. The van der Waals surface area contributed by atoms with E-state index in [-0.39, 0.29) is 22.6 Å². The largest absolute Gasteiger partial charge is 0.479 e. The zero-order valence-electron chi connectivity index (χ0n) is 12.7. The lowest BCUT2D eigenvalue weighted by atomic mass is 10.3. The molecule has 2 unspecified atom stereocenters. The first-order valence-electron chi connectivity index (χ1n) is 7.01. The predicted octanol–water partition coefficient (Wildman–Crippen LogP) is 2.60. The highest BCUT2D eigenvalue weighted by molar-refractivity contribution is 7.02. The highest BCUT2D eigenvalue weighted by Gasteiger charge is 2.22. The van der Waals surface area contributed by atoms with Gasteiger partial charge < -0.3 is 14.6 Å². The van der Waals surface area contributed by atoms with E-state index in [1.54, 1.807) is 4.57 Å². The van der Waals surface area contributed by atoms with E-state index >= 15 is 0 Å². The normalized spacial score (nSPS) is 18.2.